The van der Waals surface area contributed by atoms with Crippen LogP contribution in [-0.4, -0.2) is 18.5 Å². The SMILES string of the molecule is CCNC(=O)c1ccc(C)c(NC(C)CC)c1. The normalized spacial score (nSPS) is 12.0. The number of rotatable bonds is 5. The predicted octanol–water partition coefficient (Wildman–Crippen LogP) is 2.96. The summed E-state index contributed by atoms with van der Waals surface area (Å²) in [5, 5.41) is 6.23. The number of aryl methyl sites for hydroxylation is 1. The maximum absolute atomic E-state index is 11.7. The number of amides is 1. The maximum Gasteiger partial charge on any atom is 0.251 e. The first kappa shape index (κ1) is 13.6. The zero-order chi connectivity index (χ0) is 12.8. The summed E-state index contributed by atoms with van der Waals surface area (Å²) in [6.45, 7) is 8.90. The molecule has 0 bridgehead atoms. The molecule has 2 N–H and O–H groups in total. The predicted molar refractivity (Wildman–Crippen MR) is 72.6 cm³/mol. The lowest BCUT2D eigenvalue weighted by atomic mass is 10.1. The monoisotopic (exact) mass is 234 g/mol. The van der Waals surface area contributed by atoms with Gasteiger partial charge in [0.15, 0.2) is 0 Å². The van der Waals surface area contributed by atoms with E-state index in [4.69, 9.17) is 0 Å². The van der Waals surface area contributed by atoms with E-state index in [2.05, 4.69) is 24.5 Å². The van der Waals surface area contributed by atoms with Crippen molar-refractivity contribution in [1.82, 2.24) is 5.32 Å². The van der Waals surface area contributed by atoms with Crippen LogP contribution in [0.3, 0.4) is 0 Å². The molecule has 0 saturated heterocycles. The maximum atomic E-state index is 11.7. The lowest BCUT2D eigenvalue weighted by Crippen LogP contribution is -2.23. The number of nitrogens with one attached hydrogen (secondary N) is 2. The number of hydrogen-bond donors (Lipinski definition) is 2. The molecule has 0 aromatic heterocycles. The minimum absolute atomic E-state index is 0.0142. The van der Waals surface area contributed by atoms with E-state index in [0.29, 0.717) is 18.2 Å². The van der Waals surface area contributed by atoms with Crippen molar-refractivity contribution in [3.05, 3.63) is 29.3 Å². The van der Waals surface area contributed by atoms with Crippen molar-refractivity contribution in [2.75, 3.05) is 11.9 Å². The Balaban J connectivity index is 2.90. The largest absolute Gasteiger partial charge is 0.382 e. The van der Waals surface area contributed by atoms with Gasteiger partial charge in [0, 0.05) is 23.8 Å². The Labute approximate surface area is 104 Å². The fourth-order valence-electron chi connectivity index (χ4n) is 1.55. The van der Waals surface area contributed by atoms with E-state index in [1.165, 1.54) is 5.56 Å². The van der Waals surface area contributed by atoms with Crippen molar-refractivity contribution in [1.29, 1.82) is 0 Å². The third-order valence-corrected chi connectivity index (χ3v) is 2.85. The Morgan fingerprint density at radius 1 is 1.35 bits per heavy atom. The summed E-state index contributed by atoms with van der Waals surface area (Å²) < 4.78 is 0. The lowest BCUT2D eigenvalue weighted by molar-refractivity contribution is 0.0956. The van der Waals surface area contributed by atoms with Gasteiger partial charge < -0.3 is 10.6 Å². The van der Waals surface area contributed by atoms with E-state index in [9.17, 15) is 4.79 Å². The van der Waals surface area contributed by atoms with E-state index in [0.717, 1.165) is 12.1 Å². The Bertz CT molecular complexity index is 388. The Hall–Kier alpha value is -1.51. The molecule has 0 aliphatic heterocycles. The number of hydrogen-bond acceptors (Lipinski definition) is 2. The molecule has 0 heterocycles. The number of carbonyl (C=O) groups excluding carboxylic acids is 1. The standard InChI is InChI=1S/C14H22N2O/c1-5-11(4)16-13-9-12(8-7-10(13)3)14(17)15-6-2/h7-9,11,16H,5-6H2,1-4H3,(H,15,17). The van der Waals surface area contributed by atoms with Crippen LogP contribution in [0.4, 0.5) is 5.69 Å². The molecule has 1 unspecified atom stereocenters. The Morgan fingerprint density at radius 2 is 2.06 bits per heavy atom. The molecule has 0 radical (unpaired) electrons. The number of carbonyl (C=O) groups is 1. The average Bonchev–Trinajstić information content (AvgIpc) is 2.32. The van der Waals surface area contributed by atoms with Crippen LogP contribution in [0, 0.1) is 6.92 Å². The first-order valence-corrected chi connectivity index (χ1v) is 6.23. The van der Waals surface area contributed by atoms with Gasteiger partial charge in [-0.3, -0.25) is 4.79 Å². The number of anilines is 1. The van der Waals surface area contributed by atoms with Gasteiger partial charge in [0.1, 0.15) is 0 Å². The van der Waals surface area contributed by atoms with Crippen LogP contribution < -0.4 is 10.6 Å². The van der Waals surface area contributed by atoms with Crippen molar-refractivity contribution < 1.29 is 4.79 Å². The van der Waals surface area contributed by atoms with Crippen LogP contribution in [0.2, 0.25) is 0 Å². The highest BCUT2D eigenvalue weighted by Crippen LogP contribution is 2.18. The first-order valence-electron chi connectivity index (χ1n) is 6.23. The van der Waals surface area contributed by atoms with E-state index in [1.54, 1.807) is 0 Å². The molecule has 0 spiro atoms. The Morgan fingerprint density at radius 3 is 2.65 bits per heavy atom. The van der Waals surface area contributed by atoms with Crippen molar-refractivity contribution in [2.45, 2.75) is 40.2 Å². The summed E-state index contributed by atoms with van der Waals surface area (Å²) in [6.07, 6.45) is 1.06. The van der Waals surface area contributed by atoms with Crippen molar-refractivity contribution >= 4 is 11.6 Å². The molecular formula is C14H22N2O. The fraction of sp³-hybridized carbons (Fsp3) is 0.500. The van der Waals surface area contributed by atoms with E-state index in [1.807, 2.05) is 32.0 Å². The molecule has 3 heteroatoms. The fourth-order valence-corrected chi connectivity index (χ4v) is 1.55. The van der Waals surface area contributed by atoms with Crippen LogP contribution in [0.25, 0.3) is 0 Å². The third kappa shape index (κ3) is 3.77. The minimum atomic E-state index is -0.0142. The molecule has 94 valence electrons. The minimum Gasteiger partial charge on any atom is -0.382 e. The van der Waals surface area contributed by atoms with Gasteiger partial charge in [0.25, 0.3) is 5.91 Å². The van der Waals surface area contributed by atoms with Gasteiger partial charge in [-0.2, -0.15) is 0 Å². The molecule has 0 aliphatic rings. The highest BCUT2D eigenvalue weighted by atomic mass is 16.1. The van der Waals surface area contributed by atoms with E-state index in [-0.39, 0.29) is 5.91 Å². The average molecular weight is 234 g/mol. The molecular weight excluding hydrogens is 212 g/mol. The van der Waals surface area contributed by atoms with Gasteiger partial charge in [-0.05, 0) is 44.9 Å². The first-order chi connectivity index (χ1) is 8.08. The summed E-state index contributed by atoms with van der Waals surface area (Å²) in [5.41, 5.74) is 2.92. The second-order valence-corrected chi connectivity index (χ2v) is 4.34. The summed E-state index contributed by atoms with van der Waals surface area (Å²) in [5.74, 6) is -0.0142. The molecule has 1 amide bonds. The van der Waals surface area contributed by atoms with Crippen molar-refractivity contribution in [2.24, 2.45) is 0 Å². The molecule has 17 heavy (non-hydrogen) atoms. The van der Waals surface area contributed by atoms with Crippen LogP contribution in [0.5, 0.6) is 0 Å². The van der Waals surface area contributed by atoms with Crippen molar-refractivity contribution in [3.8, 4) is 0 Å². The van der Waals surface area contributed by atoms with Gasteiger partial charge in [-0.1, -0.05) is 13.0 Å². The van der Waals surface area contributed by atoms with Crippen molar-refractivity contribution in [3.63, 3.8) is 0 Å². The second kappa shape index (κ2) is 6.28. The van der Waals surface area contributed by atoms with Gasteiger partial charge in [-0.15, -0.1) is 0 Å². The summed E-state index contributed by atoms with van der Waals surface area (Å²) in [7, 11) is 0. The van der Waals surface area contributed by atoms with Crippen LogP contribution in [0.15, 0.2) is 18.2 Å². The molecule has 1 atom stereocenters. The summed E-state index contributed by atoms with van der Waals surface area (Å²) >= 11 is 0. The molecule has 1 aromatic carbocycles. The van der Waals surface area contributed by atoms with Gasteiger partial charge in [-0.25, -0.2) is 0 Å². The topological polar surface area (TPSA) is 41.1 Å². The lowest BCUT2D eigenvalue weighted by Gasteiger charge is -2.16. The molecule has 1 rings (SSSR count). The van der Waals surface area contributed by atoms with Crippen LogP contribution >= 0.6 is 0 Å². The smallest absolute Gasteiger partial charge is 0.251 e. The zero-order valence-electron chi connectivity index (χ0n) is 11.1. The van der Waals surface area contributed by atoms with Gasteiger partial charge in [0.05, 0.1) is 0 Å². The third-order valence-electron chi connectivity index (χ3n) is 2.85. The molecule has 1 aromatic rings. The summed E-state index contributed by atoms with van der Waals surface area (Å²) in [6, 6.07) is 6.18. The molecule has 0 fully saturated rings. The van der Waals surface area contributed by atoms with Gasteiger partial charge >= 0.3 is 0 Å². The summed E-state index contributed by atoms with van der Waals surface area (Å²) in [4.78, 5) is 11.7. The zero-order valence-corrected chi connectivity index (χ0v) is 11.1. The van der Waals surface area contributed by atoms with Crippen LogP contribution in [0.1, 0.15) is 43.1 Å². The molecule has 3 nitrogen and oxygen atoms in total. The number of benzene rings is 1. The van der Waals surface area contributed by atoms with Crippen LogP contribution in [-0.2, 0) is 0 Å². The highest BCUT2D eigenvalue weighted by Gasteiger charge is 2.08. The Kier molecular flexibility index (Phi) is 5.01. The molecule has 0 aliphatic carbocycles. The van der Waals surface area contributed by atoms with Gasteiger partial charge in [0.2, 0.25) is 0 Å². The molecule has 0 saturated carbocycles. The quantitative estimate of drug-likeness (QED) is 0.822. The second-order valence-electron chi connectivity index (χ2n) is 4.34. The highest BCUT2D eigenvalue weighted by molar-refractivity contribution is 5.95. The van der Waals surface area contributed by atoms with E-state index < -0.39 is 0 Å². The van der Waals surface area contributed by atoms with E-state index >= 15 is 0 Å².